The van der Waals surface area contributed by atoms with E-state index in [9.17, 15) is 0 Å². The lowest BCUT2D eigenvalue weighted by molar-refractivity contribution is -0.432. The van der Waals surface area contributed by atoms with E-state index < -0.39 is 0 Å². The fraction of sp³-hybridized carbons (Fsp3) is 0.571. The zero-order valence-electron chi connectivity index (χ0n) is 21.5. The van der Waals surface area contributed by atoms with Crippen LogP contribution in [-0.4, -0.2) is 23.7 Å². The first-order chi connectivity index (χ1) is 16.3. The van der Waals surface area contributed by atoms with Crippen molar-refractivity contribution in [3.63, 3.8) is 0 Å². The van der Waals surface area contributed by atoms with Gasteiger partial charge in [0, 0.05) is 34.3 Å². The minimum absolute atomic E-state index is 0.143. The Kier molecular flexibility index (Phi) is 10.1. The van der Waals surface area contributed by atoms with E-state index in [1.54, 1.807) is 0 Å². The highest BCUT2D eigenvalue weighted by molar-refractivity contribution is 7.95. The Bertz CT molecular complexity index is 945. The summed E-state index contributed by atoms with van der Waals surface area (Å²) in [4.78, 5) is 0. The largest absolute Gasteiger partial charge is 0.493 e. The van der Waals surface area contributed by atoms with Crippen molar-refractivity contribution in [2.75, 3.05) is 13.2 Å². The Morgan fingerprint density at radius 2 is 1.50 bits per heavy atom. The summed E-state index contributed by atoms with van der Waals surface area (Å²) in [6, 6.07) is 8.91. The third-order valence-corrected chi connectivity index (χ3v) is 7.80. The number of benzene rings is 2. The molecule has 2 aromatic carbocycles. The Hall–Kier alpha value is -1.73. The predicted octanol–water partition coefficient (Wildman–Crippen LogP) is 7.87. The van der Waals surface area contributed by atoms with E-state index in [0.717, 1.165) is 49.2 Å². The standard InChI is InChI=1S/C28H40O5S/c1-7-12-30-27-20(4)14-18(2)16-24(27)22(6)25-17-19(3)15-21(5)28(25)31-13-11-23-9-8-10-26(23)34-33-32-29/h14-17,22-23,26,29H,7-13H2,1-6H3. The molecule has 0 amide bonds. The van der Waals surface area contributed by atoms with Crippen molar-refractivity contribution in [1.29, 1.82) is 0 Å². The Morgan fingerprint density at radius 3 is 2.06 bits per heavy atom. The number of ether oxygens (including phenoxy) is 2. The molecule has 0 aromatic heterocycles. The molecule has 34 heavy (non-hydrogen) atoms. The third-order valence-electron chi connectivity index (χ3n) is 6.80. The van der Waals surface area contributed by atoms with Crippen LogP contribution in [0.15, 0.2) is 24.3 Å². The highest BCUT2D eigenvalue weighted by Gasteiger charge is 2.29. The van der Waals surface area contributed by atoms with Gasteiger partial charge in [0.25, 0.3) is 0 Å². The summed E-state index contributed by atoms with van der Waals surface area (Å²) in [5.41, 5.74) is 7.25. The third kappa shape index (κ3) is 6.69. The van der Waals surface area contributed by atoms with Crippen molar-refractivity contribution in [3.05, 3.63) is 57.6 Å². The molecule has 5 nitrogen and oxygen atoms in total. The average molecular weight is 489 g/mol. The van der Waals surface area contributed by atoms with E-state index in [1.165, 1.54) is 39.9 Å². The smallest absolute Gasteiger partial charge is 0.126 e. The van der Waals surface area contributed by atoms with Gasteiger partial charge >= 0.3 is 0 Å². The molecule has 1 aliphatic carbocycles. The van der Waals surface area contributed by atoms with Crippen molar-refractivity contribution in [1.82, 2.24) is 0 Å². The SMILES string of the molecule is CCCOc1c(C)cc(C)cc1C(C)c1cc(C)cc(C)c1OCCC1CCCC1SOOO. The molecule has 3 atom stereocenters. The minimum Gasteiger partial charge on any atom is -0.493 e. The maximum Gasteiger partial charge on any atom is 0.126 e. The van der Waals surface area contributed by atoms with Crippen LogP contribution < -0.4 is 9.47 Å². The van der Waals surface area contributed by atoms with Crippen molar-refractivity contribution in [2.24, 2.45) is 5.92 Å². The highest BCUT2D eigenvalue weighted by atomic mass is 32.2. The van der Waals surface area contributed by atoms with Crippen molar-refractivity contribution >= 4 is 12.0 Å². The molecule has 0 spiro atoms. The highest BCUT2D eigenvalue weighted by Crippen LogP contribution is 2.41. The van der Waals surface area contributed by atoms with E-state index in [0.29, 0.717) is 24.4 Å². The van der Waals surface area contributed by atoms with Gasteiger partial charge in [-0.15, -0.1) is 4.33 Å². The van der Waals surface area contributed by atoms with E-state index in [4.69, 9.17) is 19.1 Å². The second-order valence-corrected chi connectivity index (χ2v) is 10.6. The molecule has 3 rings (SSSR count). The van der Waals surface area contributed by atoms with Gasteiger partial charge < -0.3 is 9.47 Å². The quantitative estimate of drug-likeness (QED) is 0.186. The van der Waals surface area contributed by atoms with Gasteiger partial charge in [0.05, 0.1) is 13.2 Å². The molecule has 1 N–H and O–H groups in total. The second kappa shape index (κ2) is 12.8. The van der Waals surface area contributed by atoms with Crippen molar-refractivity contribution in [2.45, 2.75) is 84.8 Å². The summed E-state index contributed by atoms with van der Waals surface area (Å²) >= 11 is 1.22. The molecular formula is C28H40O5S. The van der Waals surface area contributed by atoms with E-state index >= 15 is 0 Å². The van der Waals surface area contributed by atoms with Gasteiger partial charge in [-0.05, 0) is 70.4 Å². The van der Waals surface area contributed by atoms with Crippen LogP contribution in [0.2, 0.25) is 0 Å². The fourth-order valence-electron chi connectivity index (χ4n) is 5.22. The van der Waals surface area contributed by atoms with Crippen LogP contribution in [-0.2, 0) is 9.37 Å². The van der Waals surface area contributed by atoms with Gasteiger partial charge in [0.2, 0.25) is 0 Å². The van der Waals surface area contributed by atoms with Crippen molar-refractivity contribution in [3.8, 4) is 11.5 Å². The fourth-order valence-corrected chi connectivity index (χ4v) is 6.05. The molecule has 0 saturated heterocycles. The minimum atomic E-state index is 0.143. The summed E-state index contributed by atoms with van der Waals surface area (Å²) in [6.07, 6.45) is 5.30. The normalized spacial score (nSPS) is 18.8. The Morgan fingerprint density at radius 1 is 0.912 bits per heavy atom. The van der Waals surface area contributed by atoms with Crippen molar-refractivity contribution < 1.29 is 24.1 Å². The van der Waals surface area contributed by atoms with Crippen LogP contribution in [0, 0.1) is 33.6 Å². The van der Waals surface area contributed by atoms with Gasteiger partial charge in [-0.25, -0.2) is 5.26 Å². The van der Waals surface area contributed by atoms with Crippen LogP contribution >= 0.6 is 12.0 Å². The van der Waals surface area contributed by atoms with Gasteiger partial charge in [0.1, 0.15) is 11.5 Å². The number of rotatable bonds is 12. The lowest BCUT2D eigenvalue weighted by atomic mass is 9.87. The van der Waals surface area contributed by atoms with Crippen LogP contribution in [0.4, 0.5) is 0 Å². The molecule has 1 saturated carbocycles. The molecule has 0 heterocycles. The molecule has 0 radical (unpaired) electrons. The molecule has 0 bridgehead atoms. The first-order valence-electron chi connectivity index (χ1n) is 12.5. The molecule has 1 aliphatic rings. The lowest BCUT2D eigenvalue weighted by Gasteiger charge is -2.24. The monoisotopic (exact) mass is 488 g/mol. The maximum absolute atomic E-state index is 8.49. The Balaban J connectivity index is 1.83. The molecule has 6 heteroatoms. The van der Waals surface area contributed by atoms with E-state index in [2.05, 4.69) is 70.8 Å². The summed E-state index contributed by atoms with van der Waals surface area (Å²) in [6.45, 7) is 14.3. The molecule has 2 aromatic rings. The summed E-state index contributed by atoms with van der Waals surface area (Å²) in [5.74, 6) is 2.61. The van der Waals surface area contributed by atoms with Crippen LogP contribution in [0.25, 0.3) is 0 Å². The number of hydrogen-bond donors (Lipinski definition) is 1. The van der Waals surface area contributed by atoms with Gasteiger partial charge in [0.15, 0.2) is 0 Å². The average Bonchev–Trinajstić information content (AvgIpc) is 3.24. The molecule has 1 fully saturated rings. The first-order valence-corrected chi connectivity index (χ1v) is 13.3. The summed E-state index contributed by atoms with van der Waals surface area (Å²) in [5, 5.41) is 12.6. The van der Waals surface area contributed by atoms with Crippen LogP contribution in [0.1, 0.15) is 85.3 Å². The summed E-state index contributed by atoms with van der Waals surface area (Å²) in [7, 11) is 0. The van der Waals surface area contributed by atoms with Gasteiger partial charge in [-0.1, -0.05) is 60.7 Å². The van der Waals surface area contributed by atoms with Crippen LogP contribution in [0.5, 0.6) is 11.5 Å². The second-order valence-electron chi connectivity index (χ2n) is 9.68. The topological polar surface area (TPSA) is 57.2 Å². The summed E-state index contributed by atoms with van der Waals surface area (Å²) < 4.78 is 17.4. The van der Waals surface area contributed by atoms with Gasteiger partial charge in [-0.2, -0.15) is 0 Å². The number of hydrogen-bond acceptors (Lipinski definition) is 6. The predicted molar refractivity (Wildman–Crippen MR) is 139 cm³/mol. The van der Waals surface area contributed by atoms with E-state index in [1.807, 2.05) is 0 Å². The zero-order chi connectivity index (χ0) is 24.7. The molecule has 188 valence electrons. The van der Waals surface area contributed by atoms with E-state index in [-0.39, 0.29) is 5.92 Å². The van der Waals surface area contributed by atoms with Gasteiger partial charge in [-0.3, -0.25) is 0 Å². The number of aryl methyl sites for hydroxylation is 4. The molecular weight excluding hydrogens is 448 g/mol. The first kappa shape index (κ1) is 26.9. The lowest BCUT2D eigenvalue weighted by Crippen LogP contribution is -2.15. The maximum atomic E-state index is 8.49. The van der Waals surface area contributed by atoms with Crippen LogP contribution in [0.3, 0.4) is 0 Å². The molecule has 0 aliphatic heterocycles. The Labute approximate surface area is 209 Å². The molecule has 3 unspecified atom stereocenters. The zero-order valence-corrected chi connectivity index (χ0v) is 22.3.